The van der Waals surface area contributed by atoms with E-state index in [4.69, 9.17) is 9.47 Å². The largest absolute Gasteiger partial charge is 0.497 e. The number of fused-ring (bicyclic) bond motifs is 1. The van der Waals surface area contributed by atoms with Gasteiger partial charge in [-0.1, -0.05) is 12.1 Å². The van der Waals surface area contributed by atoms with Gasteiger partial charge in [0.1, 0.15) is 11.4 Å². The summed E-state index contributed by atoms with van der Waals surface area (Å²) in [4.78, 5) is 14.0. The minimum Gasteiger partial charge on any atom is -0.497 e. The lowest BCUT2D eigenvalue weighted by Crippen LogP contribution is -2.36. The van der Waals surface area contributed by atoms with Gasteiger partial charge in [-0.3, -0.25) is 4.90 Å². The molecule has 0 fully saturated rings. The number of hydrogen-bond acceptors (Lipinski definition) is 3. The molecule has 108 valence electrons. The molecule has 1 aromatic carbocycles. The smallest absolute Gasteiger partial charge is 0.414 e. The van der Waals surface area contributed by atoms with Gasteiger partial charge in [-0.15, -0.1) is 6.58 Å². The van der Waals surface area contributed by atoms with Crippen LogP contribution >= 0.6 is 0 Å². The Morgan fingerprint density at radius 2 is 2.15 bits per heavy atom. The van der Waals surface area contributed by atoms with Crippen molar-refractivity contribution in [1.82, 2.24) is 0 Å². The molecule has 0 N–H and O–H groups in total. The molecule has 0 bridgehead atoms. The minimum atomic E-state index is -0.512. The van der Waals surface area contributed by atoms with Crippen LogP contribution in [0.2, 0.25) is 0 Å². The normalized spacial score (nSPS) is 17.6. The van der Waals surface area contributed by atoms with Gasteiger partial charge in [0.15, 0.2) is 0 Å². The van der Waals surface area contributed by atoms with Crippen molar-refractivity contribution in [3.05, 3.63) is 36.4 Å². The van der Waals surface area contributed by atoms with E-state index in [1.807, 2.05) is 45.0 Å². The van der Waals surface area contributed by atoms with Crippen LogP contribution in [0.1, 0.15) is 32.3 Å². The van der Waals surface area contributed by atoms with Crippen LogP contribution in [0, 0.1) is 0 Å². The quantitative estimate of drug-likeness (QED) is 0.772. The molecule has 0 aliphatic carbocycles. The lowest BCUT2D eigenvalue weighted by molar-refractivity contribution is 0.0583. The number of anilines is 1. The number of carbonyl (C=O) groups excluding carboxylic acids is 1. The number of rotatable bonds is 2. The van der Waals surface area contributed by atoms with Crippen molar-refractivity contribution in [1.29, 1.82) is 0 Å². The van der Waals surface area contributed by atoms with Crippen molar-refractivity contribution >= 4 is 11.8 Å². The monoisotopic (exact) mass is 275 g/mol. The number of carbonyl (C=O) groups is 1. The van der Waals surface area contributed by atoms with E-state index in [-0.39, 0.29) is 12.0 Å². The van der Waals surface area contributed by atoms with Crippen molar-refractivity contribution in [3.63, 3.8) is 0 Å². The molecule has 0 saturated carbocycles. The summed E-state index contributed by atoms with van der Waals surface area (Å²) in [5, 5.41) is 0. The fraction of sp³-hybridized carbons (Fsp3) is 0.438. The highest BCUT2D eigenvalue weighted by atomic mass is 16.6. The van der Waals surface area contributed by atoms with Crippen LogP contribution in [0.3, 0.4) is 0 Å². The Morgan fingerprint density at radius 3 is 2.70 bits per heavy atom. The zero-order valence-corrected chi connectivity index (χ0v) is 12.5. The molecule has 4 heteroatoms. The summed E-state index contributed by atoms with van der Waals surface area (Å²) in [6.45, 7) is 9.98. The van der Waals surface area contributed by atoms with E-state index in [1.54, 1.807) is 12.0 Å². The molecule has 1 atom stereocenters. The molecule has 1 amide bonds. The van der Waals surface area contributed by atoms with Crippen LogP contribution in [0.4, 0.5) is 10.5 Å². The van der Waals surface area contributed by atoms with Gasteiger partial charge in [-0.2, -0.15) is 0 Å². The van der Waals surface area contributed by atoms with Gasteiger partial charge in [0.05, 0.1) is 12.8 Å². The van der Waals surface area contributed by atoms with Crippen molar-refractivity contribution < 1.29 is 14.3 Å². The molecule has 4 nitrogen and oxygen atoms in total. The third kappa shape index (κ3) is 2.79. The Hall–Kier alpha value is -1.97. The number of benzene rings is 1. The maximum atomic E-state index is 12.3. The third-order valence-corrected chi connectivity index (χ3v) is 3.21. The predicted molar refractivity (Wildman–Crippen MR) is 79.5 cm³/mol. The standard InChI is InChI=1S/C16H21NO3/c1-6-11-10-17(15(18)20-16(2,3)4)14-9-12(19-5)7-8-13(11)14/h6-9,11H,1,10H2,2-5H3. The number of methoxy groups -OCH3 is 1. The maximum absolute atomic E-state index is 12.3. The van der Waals surface area contributed by atoms with E-state index >= 15 is 0 Å². The molecular formula is C16H21NO3. The zero-order valence-electron chi connectivity index (χ0n) is 12.5. The average Bonchev–Trinajstić information content (AvgIpc) is 2.74. The van der Waals surface area contributed by atoms with Crippen LogP contribution in [0.25, 0.3) is 0 Å². The zero-order chi connectivity index (χ0) is 14.9. The second-order valence-electron chi connectivity index (χ2n) is 5.86. The summed E-state index contributed by atoms with van der Waals surface area (Å²) < 4.78 is 10.7. The second-order valence-corrected chi connectivity index (χ2v) is 5.86. The molecule has 0 radical (unpaired) electrons. The van der Waals surface area contributed by atoms with E-state index in [0.717, 1.165) is 17.0 Å². The van der Waals surface area contributed by atoms with Gasteiger partial charge in [0.25, 0.3) is 0 Å². The third-order valence-electron chi connectivity index (χ3n) is 3.21. The summed E-state index contributed by atoms with van der Waals surface area (Å²) in [5.74, 6) is 0.852. The van der Waals surface area contributed by atoms with E-state index in [2.05, 4.69) is 6.58 Å². The molecule has 1 aliphatic rings. The summed E-state index contributed by atoms with van der Waals surface area (Å²) in [5.41, 5.74) is 1.40. The van der Waals surface area contributed by atoms with Crippen molar-refractivity contribution in [2.45, 2.75) is 32.3 Å². The molecule has 1 aliphatic heterocycles. The van der Waals surface area contributed by atoms with Crippen molar-refractivity contribution in [2.24, 2.45) is 0 Å². The van der Waals surface area contributed by atoms with Gasteiger partial charge in [-0.05, 0) is 32.4 Å². The summed E-state index contributed by atoms with van der Waals surface area (Å²) in [6.07, 6.45) is 1.52. The van der Waals surface area contributed by atoms with E-state index < -0.39 is 5.60 Å². The maximum Gasteiger partial charge on any atom is 0.414 e. The van der Waals surface area contributed by atoms with Gasteiger partial charge < -0.3 is 9.47 Å². The first-order valence-corrected chi connectivity index (χ1v) is 6.66. The Kier molecular flexibility index (Phi) is 3.75. The Morgan fingerprint density at radius 1 is 1.45 bits per heavy atom. The molecule has 2 rings (SSSR count). The molecule has 0 saturated heterocycles. The first-order valence-electron chi connectivity index (χ1n) is 6.66. The van der Waals surface area contributed by atoms with Gasteiger partial charge in [0.2, 0.25) is 0 Å². The van der Waals surface area contributed by atoms with Gasteiger partial charge in [0, 0.05) is 18.5 Å². The first kappa shape index (κ1) is 14.4. The SMILES string of the molecule is C=CC1CN(C(=O)OC(C)(C)C)c2cc(OC)ccc21. The highest BCUT2D eigenvalue weighted by Crippen LogP contribution is 2.39. The van der Waals surface area contributed by atoms with Crippen LogP contribution in [0.15, 0.2) is 30.9 Å². The lowest BCUT2D eigenvalue weighted by atomic mass is 10.0. The first-order chi connectivity index (χ1) is 9.35. The Bertz CT molecular complexity index is 531. The average molecular weight is 275 g/mol. The van der Waals surface area contributed by atoms with Crippen LogP contribution < -0.4 is 9.64 Å². The molecule has 0 spiro atoms. The number of amides is 1. The summed E-state index contributed by atoms with van der Waals surface area (Å²) in [6, 6.07) is 5.74. The molecule has 1 aromatic rings. The Balaban J connectivity index is 2.34. The molecule has 20 heavy (non-hydrogen) atoms. The fourth-order valence-corrected chi connectivity index (χ4v) is 2.28. The molecule has 0 aromatic heterocycles. The Labute approximate surface area is 120 Å². The van der Waals surface area contributed by atoms with Crippen molar-refractivity contribution in [3.8, 4) is 5.75 Å². The van der Waals surface area contributed by atoms with Crippen LogP contribution in [-0.2, 0) is 4.74 Å². The lowest BCUT2D eigenvalue weighted by Gasteiger charge is -2.25. The fourth-order valence-electron chi connectivity index (χ4n) is 2.28. The second kappa shape index (κ2) is 5.19. The predicted octanol–water partition coefficient (Wildman–Crippen LogP) is 3.72. The highest BCUT2D eigenvalue weighted by molar-refractivity contribution is 5.91. The van der Waals surface area contributed by atoms with Crippen molar-refractivity contribution in [2.75, 3.05) is 18.6 Å². The van der Waals surface area contributed by atoms with Gasteiger partial charge in [-0.25, -0.2) is 4.79 Å². The van der Waals surface area contributed by atoms with E-state index in [9.17, 15) is 4.79 Å². The summed E-state index contributed by atoms with van der Waals surface area (Å²) in [7, 11) is 1.61. The number of hydrogen-bond donors (Lipinski definition) is 0. The van der Waals surface area contributed by atoms with Crippen LogP contribution in [0.5, 0.6) is 5.75 Å². The minimum absolute atomic E-state index is 0.128. The molecular weight excluding hydrogens is 254 g/mol. The number of nitrogens with zero attached hydrogens (tertiary/aromatic N) is 1. The molecule has 1 heterocycles. The topological polar surface area (TPSA) is 38.8 Å². The van der Waals surface area contributed by atoms with E-state index in [0.29, 0.717) is 6.54 Å². The van der Waals surface area contributed by atoms with Gasteiger partial charge >= 0.3 is 6.09 Å². The highest BCUT2D eigenvalue weighted by Gasteiger charge is 2.33. The van der Waals surface area contributed by atoms with Crippen LogP contribution in [-0.4, -0.2) is 25.3 Å². The summed E-state index contributed by atoms with van der Waals surface area (Å²) >= 11 is 0. The van der Waals surface area contributed by atoms with E-state index in [1.165, 1.54) is 0 Å². The molecule has 1 unspecified atom stereocenters. The number of ether oxygens (including phenoxy) is 2.